The van der Waals surface area contributed by atoms with Crippen molar-refractivity contribution in [3.05, 3.63) is 162 Å². The summed E-state index contributed by atoms with van der Waals surface area (Å²) < 4.78 is 60.1. The van der Waals surface area contributed by atoms with Crippen molar-refractivity contribution in [3.63, 3.8) is 0 Å². The molecule has 0 spiro atoms. The summed E-state index contributed by atoms with van der Waals surface area (Å²) in [6.45, 7) is 0.784. The minimum absolute atomic E-state index is 0. The van der Waals surface area contributed by atoms with E-state index in [9.17, 15) is 40.6 Å². The SMILES string of the molecule is O=S1(=O)CCCCO1.O=c1c2ccccc2[nH]c2cc3c(=O)c4ccccc4[nH]c3cc12.O=c1c2ccccc2[nH]c2cc3c(=O)c4ccccc4n(CCCCS(=O)(=O)[O-])c3cc12.[K+]. The number of benzene rings is 6. The molecule has 0 atom stereocenters. The van der Waals surface area contributed by atoms with E-state index in [0.717, 1.165) is 23.9 Å². The molecule has 10 aromatic rings. The summed E-state index contributed by atoms with van der Waals surface area (Å²) in [7, 11) is -7.36. The maximum Gasteiger partial charge on any atom is 1.00 e. The van der Waals surface area contributed by atoms with Crippen molar-refractivity contribution < 1.29 is 77.0 Å². The van der Waals surface area contributed by atoms with Crippen molar-refractivity contribution in [1.82, 2.24) is 19.5 Å². The van der Waals surface area contributed by atoms with Crippen molar-refractivity contribution in [2.24, 2.45) is 0 Å². The molecule has 1 fully saturated rings. The monoisotopic (exact) mass is 934 g/mol. The summed E-state index contributed by atoms with van der Waals surface area (Å²) in [4.78, 5) is 61.7. The molecule has 0 radical (unpaired) electrons. The summed E-state index contributed by atoms with van der Waals surface area (Å²) in [5.74, 6) is -0.231. The molecule has 0 saturated carbocycles. The van der Waals surface area contributed by atoms with Crippen LogP contribution in [-0.2, 0) is 31.0 Å². The Morgan fingerprint density at radius 2 is 0.954 bits per heavy atom. The second-order valence-electron chi connectivity index (χ2n) is 15.6. The number of H-pyrrole nitrogens is 3. The maximum absolute atomic E-state index is 13.3. The van der Waals surface area contributed by atoms with Gasteiger partial charge in [0.05, 0.1) is 50.1 Å². The van der Waals surface area contributed by atoms with Gasteiger partial charge < -0.3 is 24.1 Å². The number of hydrogen-bond donors (Lipinski definition) is 3. The fraction of sp³-hybridized carbons (Fsp3) is 0.167. The first-order chi connectivity index (χ1) is 30.8. The second-order valence-corrected chi connectivity index (χ2v) is 18.9. The molecule has 14 nitrogen and oxygen atoms in total. The first-order valence-electron chi connectivity index (χ1n) is 20.6. The van der Waals surface area contributed by atoms with E-state index in [1.807, 2.05) is 65.2 Å². The molecule has 0 amide bonds. The number of nitrogens with one attached hydrogen (secondary N) is 3. The average Bonchev–Trinajstić information content (AvgIpc) is 3.28. The Hall–Kier alpha value is -5.34. The maximum atomic E-state index is 13.3. The van der Waals surface area contributed by atoms with Gasteiger partial charge in [0.1, 0.15) is 0 Å². The van der Waals surface area contributed by atoms with Crippen molar-refractivity contribution in [3.8, 4) is 0 Å². The Morgan fingerprint density at radius 1 is 0.523 bits per heavy atom. The van der Waals surface area contributed by atoms with Crippen molar-refractivity contribution in [2.45, 2.75) is 32.2 Å². The Bertz CT molecular complexity index is 3880. The number of fused-ring (bicyclic) bond motifs is 8. The van der Waals surface area contributed by atoms with Crippen LogP contribution in [0.3, 0.4) is 0 Å². The van der Waals surface area contributed by atoms with Gasteiger partial charge >= 0.3 is 51.4 Å². The number of pyridine rings is 4. The van der Waals surface area contributed by atoms with E-state index in [-0.39, 0.29) is 85.3 Å². The second kappa shape index (κ2) is 18.9. The van der Waals surface area contributed by atoms with Crippen LogP contribution in [0.1, 0.15) is 25.7 Å². The fourth-order valence-corrected chi connectivity index (χ4v) is 9.90. The normalized spacial score (nSPS) is 13.7. The molecule has 4 aromatic heterocycles. The largest absolute Gasteiger partial charge is 1.00 e. The molecule has 0 aliphatic carbocycles. The zero-order valence-electron chi connectivity index (χ0n) is 35.1. The van der Waals surface area contributed by atoms with E-state index in [1.54, 1.807) is 60.7 Å². The number of unbranched alkanes of at least 4 members (excludes halogenated alkanes) is 1. The minimum Gasteiger partial charge on any atom is -0.748 e. The van der Waals surface area contributed by atoms with Gasteiger partial charge in [-0.05, 0) is 98.5 Å². The molecule has 11 rings (SSSR count). The minimum atomic E-state index is -4.28. The first kappa shape index (κ1) is 46.2. The topological polar surface area (TPSA) is 221 Å². The molecule has 0 bridgehead atoms. The van der Waals surface area contributed by atoms with Gasteiger partial charge in [0, 0.05) is 71.9 Å². The van der Waals surface area contributed by atoms with E-state index in [2.05, 4.69) is 19.1 Å². The summed E-state index contributed by atoms with van der Waals surface area (Å²) in [5.41, 5.74) is 5.15. The van der Waals surface area contributed by atoms with Gasteiger partial charge in [0.2, 0.25) is 0 Å². The molecule has 324 valence electrons. The van der Waals surface area contributed by atoms with Gasteiger partial charge in [0.25, 0.3) is 10.1 Å². The van der Waals surface area contributed by atoms with Crippen LogP contribution in [0, 0.1) is 0 Å². The van der Waals surface area contributed by atoms with Gasteiger partial charge in [-0.25, -0.2) is 8.42 Å². The molecule has 5 heterocycles. The van der Waals surface area contributed by atoms with Crippen LogP contribution >= 0.6 is 0 Å². The van der Waals surface area contributed by atoms with E-state index in [4.69, 9.17) is 0 Å². The third-order valence-electron chi connectivity index (χ3n) is 11.4. The van der Waals surface area contributed by atoms with Crippen LogP contribution in [-0.4, -0.2) is 59.0 Å². The molecule has 65 heavy (non-hydrogen) atoms. The van der Waals surface area contributed by atoms with Crippen molar-refractivity contribution in [1.29, 1.82) is 0 Å². The van der Waals surface area contributed by atoms with E-state index < -0.39 is 26.0 Å². The van der Waals surface area contributed by atoms with Gasteiger partial charge in [-0.1, -0.05) is 48.5 Å². The van der Waals surface area contributed by atoms with Crippen LogP contribution in [0.2, 0.25) is 0 Å². The molecule has 1 aliphatic heterocycles. The Morgan fingerprint density at radius 3 is 1.40 bits per heavy atom. The summed E-state index contributed by atoms with van der Waals surface area (Å²) in [6, 6.07) is 36.2. The van der Waals surface area contributed by atoms with Gasteiger partial charge in [-0.2, -0.15) is 8.42 Å². The number of rotatable bonds is 5. The standard InChI is InChI=1S/C24H20N2O5S.C20H12N2O2.C4H8O3S.K/c27-23-15-7-1-3-9-19(15)25-20-13-18-22(14-17(20)23)26(11-5-6-12-32(29,30)31)21-10-4-2-8-16(21)24(18)28;23-19-11-5-1-3-7-15(11)21-17-10-14-18(9-13(17)19)22-16-8-4-2-6-12(16)20(14)24;5-8(6)4-2-1-3-7-8;/h1-4,7-10,13-14H,5-6,11-12H2,(H,25,27)(H,29,30,31);1-10H,(H,21,23)(H,22,24);1-4H2;/q;;;+1/p-1. The van der Waals surface area contributed by atoms with Crippen LogP contribution in [0.5, 0.6) is 0 Å². The fourth-order valence-electron chi connectivity index (χ4n) is 8.30. The van der Waals surface area contributed by atoms with Crippen LogP contribution in [0.25, 0.3) is 87.2 Å². The number of nitrogens with zero attached hydrogens (tertiary/aromatic N) is 1. The smallest absolute Gasteiger partial charge is 0.748 e. The summed E-state index contributed by atoms with van der Waals surface area (Å²) >= 11 is 0. The van der Waals surface area contributed by atoms with E-state index in [1.165, 1.54) is 0 Å². The first-order valence-corrected chi connectivity index (χ1v) is 23.7. The molecular weight excluding hydrogens is 896 g/mol. The Balaban J connectivity index is 0.000000153. The molecule has 3 N–H and O–H groups in total. The summed E-state index contributed by atoms with van der Waals surface area (Å²) in [6.07, 6.45) is 2.28. The van der Waals surface area contributed by atoms with Gasteiger partial charge in [0.15, 0.2) is 21.7 Å². The number of hydrogen-bond acceptors (Lipinski definition) is 10. The summed E-state index contributed by atoms with van der Waals surface area (Å²) in [5, 5.41) is 4.49. The van der Waals surface area contributed by atoms with Crippen LogP contribution in [0.4, 0.5) is 0 Å². The number of para-hydroxylation sites is 4. The quantitative estimate of drug-likeness (QED) is 0.0731. The number of aromatic nitrogens is 4. The van der Waals surface area contributed by atoms with Crippen LogP contribution in [0.15, 0.2) is 141 Å². The third-order valence-corrected chi connectivity index (χ3v) is 13.5. The number of aryl methyl sites for hydroxylation is 1. The molecule has 6 aromatic carbocycles. The van der Waals surface area contributed by atoms with E-state index >= 15 is 0 Å². The average molecular weight is 935 g/mol. The molecule has 1 saturated heterocycles. The van der Waals surface area contributed by atoms with Gasteiger partial charge in [-0.15, -0.1) is 0 Å². The van der Waals surface area contributed by atoms with Crippen molar-refractivity contribution in [2.75, 3.05) is 18.1 Å². The van der Waals surface area contributed by atoms with Crippen molar-refractivity contribution >= 4 is 107 Å². The number of aromatic amines is 3. The van der Waals surface area contributed by atoms with Gasteiger partial charge in [-0.3, -0.25) is 23.4 Å². The predicted molar refractivity (Wildman–Crippen MR) is 252 cm³/mol. The van der Waals surface area contributed by atoms with Crippen LogP contribution < -0.4 is 73.1 Å². The Kier molecular flexibility index (Phi) is 13.4. The van der Waals surface area contributed by atoms with E-state index in [0.29, 0.717) is 95.8 Å². The zero-order chi connectivity index (χ0) is 44.8. The third kappa shape index (κ3) is 9.52. The molecule has 0 unspecified atom stereocenters. The predicted octanol–water partition coefficient (Wildman–Crippen LogP) is 4.28. The molecular formula is C48H39KN4O10S2. The Labute approximate surface area is 412 Å². The molecule has 1 aliphatic rings. The molecule has 17 heteroatoms. The zero-order valence-corrected chi connectivity index (χ0v) is 39.8.